The minimum Gasteiger partial charge on any atom is -0.478 e. The van der Waals surface area contributed by atoms with Crippen molar-refractivity contribution in [3.63, 3.8) is 0 Å². The fraction of sp³-hybridized carbons (Fsp3) is 0.400. The van der Waals surface area contributed by atoms with Crippen molar-refractivity contribution in [2.45, 2.75) is 12.8 Å². The van der Waals surface area contributed by atoms with Gasteiger partial charge in [-0.05, 0) is 6.42 Å². The number of carbonyl (C=O) groups is 2. The van der Waals surface area contributed by atoms with Crippen LogP contribution in [-0.4, -0.2) is 45.6 Å². The molecule has 0 bridgehead atoms. The monoisotopic (exact) mass is 244 g/mol. The highest BCUT2D eigenvalue weighted by atomic mass is 16.4. The van der Waals surface area contributed by atoms with Gasteiger partial charge in [0.25, 0.3) is 0 Å². The van der Waals surface area contributed by atoms with Crippen molar-refractivity contribution in [3.8, 4) is 0 Å². The van der Waals surface area contributed by atoms with Gasteiger partial charge >= 0.3 is 11.9 Å². The standard InChI is InChI=1S/C10H12O7/c11-3-1-5-6(2-4-12)17-8(10(15)16)7(5)9(13)14/h11-12H,1-4H2,(H,13,14)(H,15,16). The first kappa shape index (κ1) is 13.2. The van der Waals surface area contributed by atoms with Crippen molar-refractivity contribution < 1.29 is 34.4 Å². The van der Waals surface area contributed by atoms with Gasteiger partial charge in [0.05, 0.1) is 6.61 Å². The van der Waals surface area contributed by atoms with Crippen LogP contribution >= 0.6 is 0 Å². The number of carboxylic acids is 2. The van der Waals surface area contributed by atoms with Crippen LogP contribution in [-0.2, 0) is 12.8 Å². The maximum atomic E-state index is 11.0. The fourth-order valence-electron chi connectivity index (χ4n) is 1.57. The predicted molar refractivity (Wildman–Crippen MR) is 54.2 cm³/mol. The number of furan rings is 1. The Balaban J connectivity index is 3.37. The number of rotatable bonds is 6. The van der Waals surface area contributed by atoms with E-state index in [-0.39, 0.29) is 37.4 Å². The average molecular weight is 244 g/mol. The first-order valence-corrected chi connectivity index (χ1v) is 4.85. The SMILES string of the molecule is O=C(O)c1oc(CCO)c(CCO)c1C(=O)O. The molecule has 0 aliphatic rings. The quantitative estimate of drug-likeness (QED) is 0.542. The van der Waals surface area contributed by atoms with E-state index in [2.05, 4.69) is 0 Å². The molecule has 0 atom stereocenters. The molecule has 7 nitrogen and oxygen atoms in total. The van der Waals surface area contributed by atoms with Crippen molar-refractivity contribution in [2.24, 2.45) is 0 Å². The summed E-state index contributed by atoms with van der Waals surface area (Å²) < 4.78 is 4.91. The molecule has 0 unspecified atom stereocenters. The number of hydrogen-bond donors (Lipinski definition) is 4. The Morgan fingerprint density at radius 2 is 1.59 bits per heavy atom. The zero-order valence-electron chi connectivity index (χ0n) is 8.84. The molecule has 0 saturated carbocycles. The molecule has 0 amide bonds. The van der Waals surface area contributed by atoms with E-state index in [1.54, 1.807) is 0 Å². The summed E-state index contributed by atoms with van der Waals surface area (Å²) in [4.78, 5) is 21.8. The zero-order valence-corrected chi connectivity index (χ0v) is 8.84. The summed E-state index contributed by atoms with van der Waals surface area (Å²) in [6.45, 7) is -0.638. The summed E-state index contributed by atoms with van der Waals surface area (Å²) >= 11 is 0. The number of aliphatic hydroxyl groups is 2. The third kappa shape index (κ3) is 2.63. The molecule has 17 heavy (non-hydrogen) atoms. The van der Waals surface area contributed by atoms with E-state index in [9.17, 15) is 9.59 Å². The van der Waals surface area contributed by atoms with E-state index in [1.165, 1.54) is 0 Å². The normalized spacial score (nSPS) is 10.5. The molecule has 1 aromatic heterocycles. The summed E-state index contributed by atoms with van der Waals surface area (Å²) in [6, 6.07) is 0. The van der Waals surface area contributed by atoms with Crippen molar-refractivity contribution in [3.05, 3.63) is 22.6 Å². The molecular formula is C10H12O7. The molecule has 0 fully saturated rings. The van der Waals surface area contributed by atoms with Gasteiger partial charge in [-0.1, -0.05) is 0 Å². The largest absolute Gasteiger partial charge is 0.478 e. The van der Waals surface area contributed by atoms with E-state index >= 15 is 0 Å². The molecule has 1 heterocycles. The van der Waals surface area contributed by atoms with Crippen LogP contribution in [0.25, 0.3) is 0 Å². The Morgan fingerprint density at radius 3 is 2.00 bits per heavy atom. The maximum Gasteiger partial charge on any atom is 0.372 e. The second kappa shape index (κ2) is 5.46. The van der Waals surface area contributed by atoms with Gasteiger partial charge < -0.3 is 24.8 Å². The maximum absolute atomic E-state index is 11.0. The second-order valence-corrected chi connectivity index (χ2v) is 3.27. The van der Waals surface area contributed by atoms with Crippen molar-refractivity contribution in [1.82, 2.24) is 0 Å². The molecular weight excluding hydrogens is 232 g/mol. The summed E-state index contributed by atoms with van der Waals surface area (Å²) in [5, 5.41) is 35.3. The topological polar surface area (TPSA) is 128 Å². The Kier molecular flexibility index (Phi) is 4.24. The Bertz CT molecular complexity index is 432. The predicted octanol–water partition coefficient (Wildman–Crippen LogP) is -0.254. The van der Waals surface area contributed by atoms with Gasteiger partial charge in [0.1, 0.15) is 11.3 Å². The van der Waals surface area contributed by atoms with Crippen LogP contribution in [0.4, 0.5) is 0 Å². The van der Waals surface area contributed by atoms with Crippen LogP contribution < -0.4 is 0 Å². The molecule has 94 valence electrons. The molecule has 0 aromatic carbocycles. The third-order valence-corrected chi connectivity index (χ3v) is 2.20. The van der Waals surface area contributed by atoms with Crippen LogP contribution in [0.15, 0.2) is 4.42 Å². The Morgan fingerprint density at radius 1 is 1.00 bits per heavy atom. The highest BCUT2D eigenvalue weighted by Gasteiger charge is 2.28. The molecule has 0 spiro atoms. The lowest BCUT2D eigenvalue weighted by molar-refractivity contribution is 0.0624. The third-order valence-electron chi connectivity index (χ3n) is 2.20. The minimum atomic E-state index is -1.49. The lowest BCUT2D eigenvalue weighted by Gasteiger charge is -1.99. The number of carboxylic acid groups (broad SMARTS) is 2. The lowest BCUT2D eigenvalue weighted by atomic mass is 10.0. The van der Waals surface area contributed by atoms with Crippen LogP contribution in [0.1, 0.15) is 32.2 Å². The van der Waals surface area contributed by atoms with Gasteiger partial charge in [-0.25, -0.2) is 9.59 Å². The lowest BCUT2D eigenvalue weighted by Crippen LogP contribution is -2.08. The van der Waals surface area contributed by atoms with Crippen molar-refractivity contribution >= 4 is 11.9 Å². The van der Waals surface area contributed by atoms with E-state index in [4.69, 9.17) is 24.8 Å². The van der Waals surface area contributed by atoms with Gasteiger partial charge in [0, 0.05) is 18.6 Å². The van der Waals surface area contributed by atoms with Gasteiger partial charge in [-0.2, -0.15) is 0 Å². The van der Waals surface area contributed by atoms with Gasteiger partial charge in [-0.3, -0.25) is 0 Å². The molecule has 0 radical (unpaired) electrons. The van der Waals surface area contributed by atoms with E-state index in [1.807, 2.05) is 0 Å². The van der Waals surface area contributed by atoms with Crippen LogP contribution in [0.2, 0.25) is 0 Å². The smallest absolute Gasteiger partial charge is 0.372 e. The molecule has 0 saturated heterocycles. The number of hydrogen-bond acceptors (Lipinski definition) is 5. The first-order valence-electron chi connectivity index (χ1n) is 4.85. The van der Waals surface area contributed by atoms with E-state index in [0.29, 0.717) is 0 Å². The summed E-state index contributed by atoms with van der Waals surface area (Å²) in [6.07, 6.45) is -0.0311. The van der Waals surface area contributed by atoms with Crippen LogP contribution in [0, 0.1) is 0 Å². The fourth-order valence-corrected chi connectivity index (χ4v) is 1.57. The highest BCUT2D eigenvalue weighted by molar-refractivity contribution is 6.01. The van der Waals surface area contributed by atoms with Crippen LogP contribution in [0.3, 0.4) is 0 Å². The van der Waals surface area contributed by atoms with E-state index in [0.717, 1.165) is 0 Å². The van der Waals surface area contributed by atoms with Gasteiger partial charge in [-0.15, -0.1) is 0 Å². The molecule has 0 aliphatic carbocycles. The summed E-state index contributed by atoms with van der Waals surface area (Å²) in [7, 11) is 0. The summed E-state index contributed by atoms with van der Waals surface area (Å²) in [5.41, 5.74) is -0.346. The van der Waals surface area contributed by atoms with Crippen molar-refractivity contribution in [2.75, 3.05) is 13.2 Å². The Labute approximate surface area is 95.9 Å². The molecule has 1 rings (SSSR count). The minimum absolute atomic E-state index is 0.00287. The average Bonchev–Trinajstić information content (AvgIpc) is 2.59. The highest BCUT2D eigenvalue weighted by Crippen LogP contribution is 2.24. The van der Waals surface area contributed by atoms with Gasteiger partial charge in [0.15, 0.2) is 0 Å². The summed E-state index contributed by atoms with van der Waals surface area (Å²) in [5.74, 6) is -3.52. The van der Waals surface area contributed by atoms with E-state index < -0.39 is 23.3 Å². The molecule has 0 aliphatic heterocycles. The van der Waals surface area contributed by atoms with Gasteiger partial charge in [0.2, 0.25) is 5.76 Å². The molecule has 7 heteroatoms. The first-order chi connectivity index (χ1) is 8.02. The zero-order chi connectivity index (χ0) is 13.0. The number of aliphatic hydroxyl groups excluding tert-OH is 2. The second-order valence-electron chi connectivity index (χ2n) is 3.27. The number of aromatic carboxylic acids is 2. The molecule has 1 aromatic rings. The van der Waals surface area contributed by atoms with Crippen molar-refractivity contribution in [1.29, 1.82) is 0 Å². The van der Waals surface area contributed by atoms with Crippen LogP contribution in [0.5, 0.6) is 0 Å². The molecule has 4 N–H and O–H groups in total. The Hall–Kier alpha value is -1.86.